The molecular formula is C12H13IN2S. The number of hydrogen-bond donors (Lipinski definition) is 1. The van der Waals surface area contributed by atoms with E-state index in [-0.39, 0.29) is 0 Å². The number of hydrogen-bond acceptors (Lipinski definition) is 3. The van der Waals surface area contributed by atoms with E-state index < -0.39 is 0 Å². The van der Waals surface area contributed by atoms with Gasteiger partial charge in [-0.15, -0.1) is 11.3 Å². The molecule has 0 amide bonds. The first-order valence-electron chi connectivity index (χ1n) is 5.10. The largest absolute Gasteiger partial charge is 0.306 e. The standard InChI is InChI=1S/C12H13IN2S/c1-9-8-16-12(15-9)7-14-6-10-2-4-11(13)5-3-10/h2-5,8,14H,6-7H2,1H3. The topological polar surface area (TPSA) is 24.9 Å². The van der Waals surface area contributed by atoms with Gasteiger partial charge in [0.15, 0.2) is 0 Å². The molecule has 2 rings (SSSR count). The summed E-state index contributed by atoms with van der Waals surface area (Å²) in [7, 11) is 0. The molecule has 0 aliphatic heterocycles. The van der Waals surface area contributed by atoms with Crippen LogP contribution in [0.5, 0.6) is 0 Å². The van der Waals surface area contributed by atoms with Gasteiger partial charge in [0.1, 0.15) is 5.01 Å². The predicted octanol–water partition coefficient (Wildman–Crippen LogP) is 3.35. The van der Waals surface area contributed by atoms with Crippen LogP contribution in [0.25, 0.3) is 0 Å². The van der Waals surface area contributed by atoms with Crippen LogP contribution in [0.2, 0.25) is 0 Å². The van der Waals surface area contributed by atoms with Crippen LogP contribution in [-0.2, 0) is 13.1 Å². The van der Waals surface area contributed by atoms with Crippen molar-refractivity contribution in [2.24, 2.45) is 0 Å². The molecule has 84 valence electrons. The number of thiazole rings is 1. The highest BCUT2D eigenvalue weighted by atomic mass is 127. The van der Waals surface area contributed by atoms with Gasteiger partial charge in [-0.1, -0.05) is 12.1 Å². The first-order chi connectivity index (χ1) is 7.74. The van der Waals surface area contributed by atoms with E-state index in [2.05, 4.69) is 62.5 Å². The second-order valence-corrected chi connectivity index (χ2v) is 5.80. The first kappa shape index (κ1) is 12.0. The summed E-state index contributed by atoms with van der Waals surface area (Å²) in [5.41, 5.74) is 2.42. The van der Waals surface area contributed by atoms with E-state index in [4.69, 9.17) is 0 Å². The number of aryl methyl sites for hydroxylation is 1. The van der Waals surface area contributed by atoms with E-state index in [1.807, 2.05) is 6.92 Å². The first-order valence-corrected chi connectivity index (χ1v) is 7.06. The highest BCUT2D eigenvalue weighted by molar-refractivity contribution is 14.1. The second kappa shape index (κ2) is 5.75. The predicted molar refractivity (Wildman–Crippen MR) is 76.6 cm³/mol. The summed E-state index contributed by atoms with van der Waals surface area (Å²) < 4.78 is 1.27. The summed E-state index contributed by atoms with van der Waals surface area (Å²) in [6, 6.07) is 8.57. The molecule has 0 aliphatic rings. The number of nitrogens with one attached hydrogen (secondary N) is 1. The van der Waals surface area contributed by atoms with Crippen LogP contribution in [0.3, 0.4) is 0 Å². The van der Waals surface area contributed by atoms with Crippen LogP contribution in [0.4, 0.5) is 0 Å². The molecule has 0 spiro atoms. The van der Waals surface area contributed by atoms with E-state index >= 15 is 0 Å². The molecule has 1 aromatic carbocycles. The smallest absolute Gasteiger partial charge is 0.107 e. The van der Waals surface area contributed by atoms with E-state index in [9.17, 15) is 0 Å². The van der Waals surface area contributed by atoms with Crippen LogP contribution >= 0.6 is 33.9 Å². The van der Waals surface area contributed by atoms with Crippen molar-refractivity contribution in [1.29, 1.82) is 0 Å². The van der Waals surface area contributed by atoms with Crippen LogP contribution in [-0.4, -0.2) is 4.98 Å². The van der Waals surface area contributed by atoms with E-state index in [1.165, 1.54) is 9.13 Å². The summed E-state index contributed by atoms with van der Waals surface area (Å²) in [6.07, 6.45) is 0. The lowest BCUT2D eigenvalue weighted by Crippen LogP contribution is -2.12. The van der Waals surface area contributed by atoms with Crippen molar-refractivity contribution in [3.8, 4) is 0 Å². The molecule has 0 saturated carbocycles. The zero-order valence-corrected chi connectivity index (χ0v) is 12.0. The van der Waals surface area contributed by atoms with Crippen molar-refractivity contribution < 1.29 is 0 Å². The summed E-state index contributed by atoms with van der Waals surface area (Å²) >= 11 is 4.03. The molecule has 1 heterocycles. The monoisotopic (exact) mass is 344 g/mol. The van der Waals surface area contributed by atoms with Gasteiger partial charge < -0.3 is 5.32 Å². The third kappa shape index (κ3) is 3.54. The van der Waals surface area contributed by atoms with Gasteiger partial charge in [0.2, 0.25) is 0 Å². The Morgan fingerprint density at radius 3 is 2.62 bits per heavy atom. The lowest BCUT2D eigenvalue weighted by Gasteiger charge is -2.02. The van der Waals surface area contributed by atoms with Crippen molar-refractivity contribution in [1.82, 2.24) is 10.3 Å². The SMILES string of the molecule is Cc1csc(CNCc2ccc(I)cc2)n1. The molecule has 16 heavy (non-hydrogen) atoms. The molecule has 1 aromatic heterocycles. The van der Waals surface area contributed by atoms with Crippen molar-refractivity contribution >= 4 is 33.9 Å². The van der Waals surface area contributed by atoms with Crippen LogP contribution in [0.1, 0.15) is 16.3 Å². The van der Waals surface area contributed by atoms with Gasteiger partial charge in [0, 0.05) is 27.7 Å². The molecule has 0 radical (unpaired) electrons. The zero-order chi connectivity index (χ0) is 11.4. The van der Waals surface area contributed by atoms with Crippen molar-refractivity contribution in [3.63, 3.8) is 0 Å². The van der Waals surface area contributed by atoms with E-state index in [1.54, 1.807) is 11.3 Å². The average Bonchev–Trinajstić information content (AvgIpc) is 2.67. The second-order valence-electron chi connectivity index (χ2n) is 3.61. The third-order valence-electron chi connectivity index (χ3n) is 2.19. The van der Waals surface area contributed by atoms with Crippen molar-refractivity contribution in [3.05, 3.63) is 49.5 Å². The fourth-order valence-corrected chi connectivity index (χ4v) is 2.50. The maximum atomic E-state index is 4.41. The highest BCUT2D eigenvalue weighted by Crippen LogP contribution is 2.09. The Morgan fingerprint density at radius 2 is 2.00 bits per heavy atom. The molecule has 2 aromatic rings. The number of rotatable bonds is 4. The molecule has 1 N–H and O–H groups in total. The molecule has 0 atom stereocenters. The minimum atomic E-state index is 0.852. The van der Waals surface area contributed by atoms with Gasteiger partial charge >= 0.3 is 0 Å². The molecule has 0 aliphatic carbocycles. The number of halogens is 1. The Labute approximate surface area is 113 Å². The maximum absolute atomic E-state index is 4.41. The van der Waals surface area contributed by atoms with Gasteiger partial charge in [-0.3, -0.25) is 0 Å². The van der Waals surface area contributed by atoms with Crippen LogP contribution < -0.4 is 5.32 Å². The van der Waals surface area contributed by atoms with Crippen LogP contribution in [0.15, 0.2) is 29.6 Å². The van der Waals surface area contributed by atoms with Gasteiger partial charge in [-0.05, 0) is 47.2 Å². The molecule has 2 nitrogen and oxygen atoms in total. The molecular weight excluding hydrogens is 331 g/mol. The number of benzene rings is 1. The molecule has 0 saturated heterocycles. The fourth-order valence-electron chi connectivity index (χ4n) is 1.40. The summed E-state index contributed by atoms with van der Waals surface area (Å²) in [5.74, 6) is 0. The minimum Gasteiger partial charge on any atom is -0.306 e. The van der Waals surface area contributed by atoms with E-state index in [0.29, 0.717) is 0 Å². The lowest BCUT2D eigenvalue weighted by molar-refractivity contribution is 0.689. The molecule has 4 heteroatoms. The lowest BCUT2D eigenvalue weighted by atomic mass is 10.2. The Balaban J connectivity index is 1.82. The van der Waals surface area contributed by atoms with Gasteiger partial charge in [-0.2, -0.15) is 0 Å². The Hall–Kier alpha value is -0.460. The van der Waals surface area contributed by atoms with Crippen molar-refractivity contribution in [2.45, 2.75) is 20.0 Å². The molecule has 0 bridgehead atoms. The summed E-state index contributed by atoms with van der Waals surface area (Å²) in [6.45, 7) is 3.78. The van der Waals surface area contributed by atoms with Crippen LogP contribution in [0, 0.1) is 10.5 Å². The van der Waals surface area contributed by atoms with Gasteiger partial charge in [0.05, 0.1) is 0 Å². The fraction of sp³-hybridized carbons (Fsp3) is 0.250. The molecule has 0 unspecified atom stereocenters. The summed E-state index contributed by atoms with van der Waals surface area (Å²) in [5, 5.41) is 6.64. The zero-order valence-electron chi connectivity index (χ0n) is 9.03. The quantitative estimate of drug-likeness (QED) is 0.861. The Morgan fingerprint density at radius 1 is 1.25 bits per heavy atom. The van der Waals surface area contributed by atoms with Gasteiger partial charge in [0.25, 0.3) is 0 Å². The minimum absolute atomic E-state index is 0.852. The Kier molecular flexibility index (Phi) is 4.31. The molecule has 0 fully saturated rings. The van der Waals surface area contributed by atoms with Crippen molar-refractivity contribution in [2.75, 3.05) is 0 Å². The Bertz CT molecular complexity index is 450. The number of nitrogens with zero attached hydrogens (tertiary/aromatic N) is 1. The highest BCUT2D eigenvalue weighted by Gasteiger charge is 1.98. The average molecular weight is 344 g/mol. The van der Waals surface area contributed by atoms with E-state index in [0.717, 1.165) is 23.8 Å². The summed E-state index contributed by atoms with van der Waals surface area (Å²) in [4.78, 5) is 4.41. The maximum Gasteiger partial charge on any atom is 0.107 e. The van der Waals surface area contributed by atoms with Gasteiger partial charge in [-0.25, -0.2) is 4.98 Å². The number of aromatic nitrogens is 1. The normalized spacial score (nSPS) is 10.6. The third-order valence-corrected chi connectivity index (χ3v) is 3.87.